The molecule has 3 aromatic carbocycles. The summed E-state index contributed by atoms with van der Waals surface area (Å²) < 4.78 is 54.8. The van der Waals surface area contributed by atoms with E-state index < -0.39 is 18.2 Å². The number of carbonyl (C=O) groups is 1. The second-order valence-corrected chi connectivity index (χ2v) is 6.91. The van der Waals surface area contributed by atoms with E-state index in [2.05, 4.69) is 4.74 Å². The van der Waals surface area contributed by atoms with Crippen LogP contribution in [0.5, 0.6) is 17.2 Å². The normalized spacial score (nSPS) is 14.0. The molecule has 158 valence electrons. The van der Waals surface area contributed by atoms with Crippen LogP contribution in [0.25, 0.3) is 6.08 Å². The van der Waals surface area contributed by atoms with Gasteiger partial charge in [-0.15, -0.1) is 0 Å². The van der Waals surface area contributed by atoms with Gasteiger partial charge in [0.25, 0.3) is 0 Å². The number of fused-ring (bicyclic) bond motifs is 1. The Balaban J connectivity index is 1.54. The first-order valence-electron chi connectivity index (χ1n) is 9.10. The van der Waals surface area contributed by atoms with Gasteiger partial charge < -0.3 is 14.2 Å². The van der Waals surface area contributed by atoms with Crippen LogP contribution in [0.2, 0.25) is 5.02 Å². The smallest absolute Gasteiger partial charge is 0.387 e. The first-order chi connectivity index (χ1) is 14.9. The summed E-state index contributed by atoms with van der Waals surface area (Å²) >= 11 is 6.00. The summed E-state index contributed by atoms with van der Waals surface area (Å²) in [6.45, 7) is -3.11. The molecule has 0 aliphatic carbocycles. The van der Waals surface area contributed by atoms with E-state index in [0.717, 1.165) is 0 Å². The van der Waals surface area contributed by atoms with E-state index in [1.54, 1.807) is 18.2 Å². The molecule has 1 aliphatic heterocycles. The summed E-state index contributed by atoms with van der Waals surface area (Å²) in [6.07, 6.45) is 1.33. The van der Waals surface area contributed by atoms with Gasteiger partial charge in [-0.05, 0) is 36.4 Å². The molecule has 1 heterocycles. The summed E-state index contributed by atoms with van der Waals surface area (Å²) in [4.78, 5) is 12.6. The third kappa shape index (κ3) is 4.51. The molecule has 0 radical (unpaired) electrons. The number of alkyl halides is 2. The van der Waals surface area contributed by atoms with Crippen LogP contribution in [-0.2, 0) is 6.61 Å². The Bertz CT molecular complexity index is 1160. The van der Waals surface area contributed by atoms with Gasteiger partial charge in [-0.1, -0.05) is 35.9 Å². The fraction of sp³-hybridized carbons (Fsp3) is 0.0870. The molecule has 31 heavy (non-hydrogen) atoms. The number of para-hydroxylation sites is 1. The van der Waals surface area contributed by atoms with Crippen molar-refractivity contribution in [2.24, 2.45) is 0 Å². The van der Waals surface area contributed by atoms with E-state index in [-0.39, 0.29) is 45.6 Å². The zero-order valence-electron chi connectivity index (χ0n) is 15.8. The van der Waals surface area contributed by atoms with Crippen molar-refractivity contribution in [1.29, 1.82) is 0 Å². The quantitative estimate of drug-likeness (QED) is 0.418. The lowest BCUT2D eigenvalue weighted by Gasteiger charge is -2.09. The summed E-state index contributed by atoms with van der Waals surface area (Å²) in [7, 11) is 0. The zero-order valence-corrected chi connectivity index (χ0v) is 16.5. The molecule has 0 fully saturated rings. The number of carbonyl (C=O) groups excluding carboxylic acids is 1. The van der Waals surface area contributed by atoms with Gasteiger partial charge in [0, 0.05) is 17.2 Å². The first-order valence-corrected chi connectivity index (χ1v) is 9.48. The number of halogens is 4. The number of rotatable bonds is 6. The van der Waals surface area contributed by atoms with Gasteiger partial charge in [-0.25, -0.2) is 4.39 Å². The van der Waals surface area contributed by atoms with Crippen molar-refractivity contribution < 1.29 is 32.2 Å². The molecule has 0 spiro atoms. The molecule has 8 heteroatoms. The van der Waals surface area contributed by atoms with Gasteiger partial charge in [-0.2, -0.15) is 8.78 Å². The largest absolute Gasteiger partial charge is 0.489 e. The van der Waals surface area contributed by atoms with Gasteiger partial charge in [0.1, 0.15) is 29.7 Å². The highest BCUT2D eigenvalue weighted by Crippen LogP contribution is 2.36. The van der Waals surface area contributed by atoms with Crippen LogP contribution in [0.1, 0.15) is 21.5 Å². The highest BCUT2D eigenvalue weighted by atomic mass is 35.5. The van der Waals surface area contributed by atoms with Crippen LogP contribution in [0.15, 0.2) is 66.4 Å². The monoisotopic (exact) mass is 446 g/mol. The maximum Gasteiger partial charge on any atom is 0.387 e. The average molecular weight is 447 g/mol. The SMILES string of the molecule is O=C1/C(=C/c2ccccc2OC(F)F)Oc2cc(OCc3c(F)cccc3Cl)ccc21. The minimum atomic E-state index is -3.00. The lowest BCUT2D eigenvalue weighted by atomic mass is 10.1. The molecule has 0 saturated carbocycles. The number of allylic oxidation sites excluding steroid dienone is 1. The van der Waals surface area contributed by atoms with Crippen LogP contribution >= 0.6 is 11.6 Å². The molecule has 4 rings (SSSR count). The molecular weight excluding hydrogens is 433 g/mol. The fourth-order valence-electron chi connectivity index (χ4n) is 3.03. The Morgan fingerprint density at radius 3 is 2.65 bits per heavy atom. The predicted molar refractivity (Wildman–Crippen MR) is 108 cm³/mol. The number of Topliss-reactive ketones (excluding diaryl/α,β-unsaturated/α-hetero) is 1. The van der Waals surface area contributed by atoms with E-state index in [1.807, 2.05) is 0 Å². The number of hydrogen-bond acceptors (Lipinski definition) is 4. The van der Waals surface area contributed by atoms with Crippen molar-refractivity contribution in [3.8, 4) is 17.2 Å². The summed E-state index contributed by atoms with van der Waals surface area (Å²) in [5.41, 5.74) is 0.761. The van der Waals surface area contributed by atoms with Gasteiger partial charge in [0.15, 0.2) is 5.76 Å². The fourth-order valence-corrected chi connectivity index (χ4v) is 3.24. The summed E-state index contributed by atoms with van der Waals surface area (Å²) in [6, 6.07) is 14.9. The third-order valence-corrected chi connectivity index (χ3v) is 4.86. The number of ether oxygens (including phenoxy) is 3. The van der Waals surface area contributed by atoms with E-state index in [1.165, 1.54) is 48.5 Å². The highest BCUT2D eigenvalue weighted by Gasteiger charge is 2.28. The number of ketones is 1. The second kappa shape index (κ2) is 8.73. The summed E-state index contributed by atoms with van der Waals surface area (Å²) in [5, 5.41) is 0.238. The molecule has 0 unspecified atom stereocenters. The molecule has 0 bridgehead atoms. The Labute approximate surface area is 180 Å². The minimum Gasteiger partial charge on any atom is -0.489 e. The molecule has 0 N–H and O–H groups in total. The van der Waals surface area contributed by atoms with Crippen molar-refractivity contribution >= 4 is 23.5 Å². The molecule has 0 saturated heterocycles. The van der Waals surface area contributed by atoms with Crippen molar-refractivity contribution in [2.45, 2.75) is 13.2 Å². The third-order valence-electron chi connectivity index (χ3n) is 4.51. The Morgan fingerprint density at radius 2 is 1.87 bits per heavy atom. The molecule has 0 atom stereocenters. The van der Waals surface area contributed by atoms with Crippen LogP contribution < -0.4 is 14.2 Å². The first kappa shape index (κ1) is 20.8. The zero-order chi connectivity index (χ0) is 22.0. The van der Waals surface area contributed by atoms with Crippen molar-refractivity contribution in [3.63, 3.8) is 0 Å². The van der Waals surface area contributed by atoms with Gasteiger partial charge in [0.2, 0.25) is 5.78 Å². The molecule has 3 aromatic rings. The maximum absolute atomic E-state index is 13.9. The topological polar surface area (TPSA) is 44.8 Å². The molecule has 0 aromatic heterocycles. The van der Waals surface area contributed by atoms with Crippen LogP contribution in [0.3, 0.4) is 0 Å². The van der Waals surface area contributed by atoms with Gasteiger partial charge >= 0.3 is 6.61 Å². The van der Waals surface area contributed by atoms with Crippen LogP contribution in [0, 0.1) is 5.82 Å². The van der Waals surface area contributed by atoms with E-state index in [4.69, 9.17) is 21.1 Å². The van der Waals surface area contributed by atoms with Crippen molar-refractivity contribution in [2.75, 3.05) is 0 Å². The number of benzene rings is 3. The number of hydrogen-bond donors (Lipinski definition) is 0. The highest BCUT2D eigenvalue weighted by molar-refractivity contribution is 6.31. The molecular formula is C23H14ClF3O4. The second-order valence-electron chi connectivity index (χ2n) is 6.50. The standard InChI is InChI=1S/C23H14ClF3O4/c24-17-5-3-6-18(25)16(17)12-29-14-8-9-15-20(11-14)30-21(22(15)28)10-13-4-1-2-7-19(13)31-23(26)27/h1-11,23H,12H2/b21-10-. The minimum absolute atomic E-state index is 0.0467. The van der Waals surface area contributed by atoms with Crippen molar-refractivity contribution in [1.82, 2.24) is 0 Å². The molecule has 0 amide bonds. The lowest BCUT2D eigenvalue weighted by Crippen LogP contribution is -2.04. The molecule has 4 nitrogen and oxygen atoms in total. The predicted octanol–water partition coefficient (Wildman–Crippen LogP) is 6.28. The van der Waals surface area contributed by atoms with Crippen LogP contribution in [-0.4, -0.2) is 12.4 Å². The maximum atomic E-state index is 13.9. The van der Waals surface area contributed by atoms with Crippen LogP contribution in [0.4, 0.5) is 13.2 Å². The van der Waals surface area contributed by atoms with E-state index >= 15 is 0 Å². The lowest BCUT2D eigenvalue weighted by molar-refractivity contribution is -0.0499. The van der Waals surface area contributed by atoms with E-state index in [0.29, 0.717) is 5.75 Å². The van der Waals surface area contributed by atoms with Gasteiger partial charge in [-0.3, -0.25) is 4.79 Å². The average Bonchev–Trinajstić information content (AvgIpc) is 3.03. The van der Waals surface area contributed by atoms with E-state index in [9.17, 15) is 18.0 Å². The summed E-state index contributed by atoms with van der Waals surface area (Å²) in [5.74, 6) is -0.451. The Kier molecular flexibility index (Phi) is 5.86. The van der Waals surface area contributed by atoms with Gasteiger partial charge in [0.05, 0.1) is 10.6 Å². The van der Waals surface area contributed by atoms with Crippen molar-refractivity contribution in [3.05, 3.63) is 94.0 Å². The Hall–Kier alpha value is -3.45. The Morgan fingerprint density at radius 1 is 1.06 bits per heavy atom. The molecule has 1 aliphatic rings.